The van der Waals surface area contributed by atoms with Crippen molar-refractivity contribution in [1.29, 1.82) is 0 Å². The number of carbonyl (C=O) groups excluding carboxylic acids is 3. The highest BCUT2D eigenvalue weighted by Gasteiger charge is 2.26. The van der Waals surface area contributed by atoms with Crippen molar-refractivity contribution >= 4 is 41.2 Å². The fraction of sp³-hybridized carbons (Fsp3) is 0.452. The molecule has 0 heterocycles. The average molecular weight is 822 g/mol. The monoisotopic (exact) mass is 821 g/mol. The Hall–Kier alpha value is -5.54. The van der Waals surface area contributed by atoms with Crippen LogP contribution in [0.4, 0.5) is 4.79 Å². The molecule has 1 amide bonds. The average Bonchev–Trinajstić information content (AvgIpc) is 3.19. The maximum absolute atomic E-state index is 13.1. The van der Waals surface area contributed by atoms with Crippen LogP contribution in [-0.4, -0.2) is 59.8 Å². The molecule has 0 aliphatic carbocycles. The van der Waals surface area contributed by atoms with E-state index >= 15 is 0 Å². The van der Waals surface area contributed by atoms with Gasteiger partial charge in [0.2, 0.25) is 0 Å². The number of ketones is 2. The summed E-state index contributed by atoms with van der Waals surface area (Å²) < 4.78 is 5.29. The van der Waals surface area contributed by atoms with Crippen molar-refractivity contribution in [3.63, 3.8) is 0 Å². The van der Waals surface area contributed by atoms with Crippen molar-refractivity contribution < 1.29 is 24.2 Å². The Balaban J connectivity index is 0.000000451. The number of Topliss-reactive ketones (excluding diaryl/α,β-unsaturated/α-hetero) is 2. The van der Waals surface area contributed by atoms with Crippen LogP contribution in [0.25, 0.3) is 0 Å². The molecule has 0 radical (unpaired) electrons. The van der Waals surface area contributed by atoms with Crippen LogP contribution in [0.2, 0.25) is 0 Å². The summed E-state index contributed by atoms with van der Waals surface area (Å²) in [6.45, 7) is 5.00. The molecule has 0 fully saturated rings. The number of alkyl halides is 1. The van der Waals surface area contributed by atoms with E-state index in [-0.39, 0.29) is 53.9 Å². The van der Waals surface area contributed by atoms with E-state index in [0.717, 1.165) is 30.4 Å². The standard InChI is InChI=1S/C25H32ClN5O5.C17H28N4O/c1-18(23(26)20-12-6-3-7-13-20)16-22(32)21(14-8-9-15-28-24(27)30-31(34)35)29-25(33)36-17-19-10-4-2-5-11-19;1-13(11-14-7-3-2-4-8-14)12-16(22)15(18)9-5-6-10-21-17(19)20/h2-7,10-13,18,21,23H,8-9,14-17H2,1H3,(H,29,33)(H3,27,28,30);2-4,7-8,13,15H,5-6,9-12,18H2,1H3,(H4,19,20,21)/t18-,21+,23?;13-,15-/m10/s1. The first-order valence-electron chi connectivity index (χ1n) is 19.5. The highest BCUT2D eigenvalue weighted by molar-refractivity contribution is 6.21. The van der Waals surface area contributed by atoms with Gasteiger partial charge in [-0.3, -0.25) is 14.6 Å². The number of hydrogen-bond acceptors (Lipinski definition) is 8. The van der Waals surface area contributed by atoms with Crippen molar-refractivity contribution in [3.8, 4) is 0 Å². The van der Waals surface area contributed by atoms with E-state index in [9.17, 15) is 24.5 Å². The molecule has 16 heteroatoms. The number of nitrogens with one attached hydrogen (secondary N) is 2. The number of nitro groups is 1. The topological polar surface area (TPSA) is 256 Å². The molecule has 3 rings (SSSR count). The van der Waals surface area contributed by atoms with Crippen molar-refractivity contribution in [1.82, 2.24) is 10.6 Å². The smallest absolute Gasteiger partial charge is 0.408 e. The third kappa shape index (κ3) is 21.7. The lowest BCUT2D eigenvalue weighted by molar-refractivity contribution is -0.485. The van der Waals surface area contributed by atoms with Gasteiger partial charge in [0, 0.05) is 25.9 Å². The predicted molar refractivity (Wildman–Crippen MR) is 229 cm³/mol. The first-order chi connectivity index (χ1) is 27.7. The Labute approximate surface area is 346 Å². The number of hydrogen-bond donors (Lipinski definition) is 6. The molecule has 0 aromatic heterocycles. The van der Waals surface area contributed by atoms with Crippen molar-refractivity contribution in [2.75, 3.05) is 13.1 Å². The van der Waals surface area contributed by atoms with Gasteiger partial charge in [0.25, 0.3) is 5.96 Å². The van der Waals surface area contributed by atoms with E-state index in [0.29, 0.717) is 51.1 Å². The Kier molecular flexibility index (Phi) is 23.4. The van der Waals surface area contributed by atoms with Crippen LogP contribution in [0, 0.1) is 22.0 Å². The molecule has 15 nitrogen and oxygen atoms in total. The molecule has 10 N–H and O–H groups in total. The lowest BCUT2D eigenvalue weighted by Crippen LogP contribution is -2.42. The number of unbranched alkanes of at least 4 members (excludes halogenated alkanes) is 2. The molecule has 316 valence electrons. The Bertz CT molecular complexity index is 1710. The quantitative estimate of drug-likeness (QED) is 0.0159. The number of nitrogens with zero attached hydrogens (tertiary/aromatic N) is 3. The minimum absolute atomic E-state index is 0.0841. The molecule has 0 saturated carbocycles. The highest BCUT2D eigenvalue weighted by Crippen LogP contribution is 2.31. The van der Waals surface area contributed by atoms with Crippen LogP contribution in [-0.2, 0) is 27.4 Å². The Morgan fingerprint density at radius 2 is 1.40 bits per heavy atom. The number of halogens is 1. The zero-order chi connectivity index (χ0) is 42.7. The first-order valence-corrected chi connectivity index (χ1v) is 20.0. The number of guanidine groups is 2. The molecular formula is C42H60ClN9O6. The number of benzene rings is 3. The summed E-state index contributed by atoms with van der Waals surface area (Å²) in [6, 6.07) is 27.8. The lowest BCUT2D eigenvalue weighted by Gasteiger charge is -2.22. The van der Waals surface area contributed by atoms with Crippen LogP contribution in [0.1, 0.15) is 87.3 Å². The van der Waals surface area contributed by atoms with Gasteiger partial charge in [-0.1, -0.05) is 105 Å². The number of aliphatic imine (C=N–C) groups is 1. The lowest BCUT2D eigenvalue weighted by atomic mass is 9.92. The molecule has 0 aliphatic rings. The molecule has 0 spiro atoms. The van der Waals surface area contributed by atoms with E-state index in [2.05, 4.69) is 39.8 Å². The normalized spacial score (nSPS) is 13.6. The van der Waals surface area contributed by atoms with Crippen LogP contribution in [0.5, 0.6) is 0 Å². The summed E-state index contributed by atoms with van der Waals surface area (Å²) in [4.78, 5) is 51.9. The molecule has 3 aromatic rings. The largest absolute Gasteiger partial charge is 0.445 e. The van der Waals surface area contributed by atoms with E-state index < -0.39 is 17.2 Å². The number of rotatable bonds is 24. The van der Waals surface area contributed by atoms with E-state index in [1.165, 1.54) is 5.56 Å². The second-order valence-electron chi connectivity index (χ2n) is 14.2. The fourth-order valence-electron chi connectivity index (χ4n) is 5.99. The van der Waals surface area contributed by atoms with Gasteiger partial charge in [-0.05, 0) is 73.5 Å². The van der Waals surface area contributed by atoms with Gasteiger partial charge in [-0.2, -0.15) is 0 Å². The van der Waals surface area contributed by atoms with Gasteiger partial charge >= 0.3 is 6.09 Å². The summed E-state index contributed by atoms with van der Waals surface area (Å²) in [5.41, 5.74) is 24.9. The second-order valence-corrected chi connectivity index (χ2v) is 14.7. The minimum Gasteiger partial charge on any atom is -0.445 e. The number of nitrogens with two attached hydrogens (primary N) is 4. The summed E-state index contributed by atoms with van der Waals surface area (Å²) in [5.74, 6) is -0.0461. The zero-order valence-corrected chi connectivity index (χ0v) is 34.3. The number of amides is 1. The number of carbonyl (C=O) groups is 3. The summed E-state index contributed by atoms with van der Waals surface area (Å²) in [5, 5.41) is 17.4. The third-order valence-corrected chi connectivity index (χ3v) is 9.74. The van der Waals surface area contributed by atoms with Crippen LogP contribution >= 0.6 is 11.6 Å². The van der Waals surface area contributed by atoms with Gasteiger partial charge < -0.3 is 38.3 Å². The van der Waals surface area contributed by atoms with E-state index in [4.69, 9.17) is 39.3 Å². The van der Waals surface area contributed by atoms with E-state index in [1.807, 2.05) is 85.8 Å². The second kappa shape index (κ2) is 28.0. The SMILES string of the molecule is C[C@H](CC(=O)[C@@H](N)CCCCN=C(N)N)Cc1ccccc1.C[C@H](CC(=O)[C@H](CCCCN/C(N)=N/[N+](=O)[O-])NC(=O)OCc1ccccc1)C(Cl)c1ccccc1. The molecule has 0 aliphatic heterocycles. The maximum Gasteiger partial charge on any atom is 0.408 e. The molecule has 0 bridgehead atoms. The zero-order valence-electron chi connectivity index (χ0n) is 33.5. The predicted octanol–water partition coefficient (Wildman–Crippen LogP) is 5.72. The Morgan fingerprint density at radius 1 is 0.810 bits per heavy atom. The van der Waals surface area contributed by atoms with Gasteiger partial charge in [0.15, 0.2) is 16.8 Å². The van der Waals surface area contributed by atoms with Gasteiger partial charge in [0.1, 0.15) is 17.5 Å². The van der Waals surface area contributed by atoms with Crippen LogP contribution < -0.4 is 33.6 Å². The molecule has 5 atom stereocenters. The number of alkyl carbamates (subject to hydrolysis) is 1. The van der Waals surface area contributed by atoms with Crippen molar-refractivity contribution in [2.45, 2.75) is 95.7 Å². The number of ether oxygens (including phenoxy) is 1. The first kappa shape index (κ1) is 48.6. The summed E-state index contributed by atoms with van der Waals surface area (Å²) >= 11 is 6.60. The van der Waals surface area contributed by atoms with Crippen molar-refractivity contribution in [2.24, 2.45) is 44.9 Å². The van der Waals surface area contributed by atoms with Gasteiger partial charge in [-0.25, -0.2) is 14.9 Å². The molecule has 0 saturated heterocycles. The van der Waals surface area contributed by atoms with Gasteiger partial charge in [-0.15, -0.1) is 11.6 Å². The molecule has 58 heavy (non-hydrogen) atoms. The van der Waals surface area contributed by atoms with Crippen molar-refractivity contribution in [3.05, 3.63) is 118 Å². The minimum atomic E-state index is -0.886. The summed E-state index contributed by atoms with van der Waals surface area (Å²) in [7, 11) is 0. The third-order valence-electron chi connectivity index (χ3n) is 9.06. The molecule has 3 aromatic carbocycles. The highest BCUT2D eigenvalue weighted by atomic mass is 35.5. The molecule has 1 unspecified atom stereocenters. The van der Waals surface area contributed by atoms with E-state index in [1.54, 1.807) is 0 Å². The fourth-order valence-corrected chi connectivity index (χ4v) is 6.23. The molecular weight excluding hydrogens is 762 g/mol. The van der Waals surface area contributed by atoms with Crippen LogP contribution in [0.15, 0.2) is 101 Å². The number of hydrazone groups is 1. The van der Waals surface area contributed by atoms with Gasteiger partial charge in [0.05, 0.1) is 17.5 Å². The Morgan fingerprint density at radius 3 is 2.00 bits per heavy atom. The summed E-state index contributed by atoms with van der Waals surface area (Å²) in [6.07, 6.45) is 4.78. The van der Waals surface area contributed by atoms with Crippen LogP contribution in [0.3, 0.4) is 0 Å². The maximum atomic E-state index is 13.1.